The van der Waals surface area contributed by atoms with Crippen LogP contribution in [0.15, 0.2) is 76.9 Å². The number of aryl methyl sites for hydroxylation is 1. The Morgan fingerprint density at radius 2 is 1.88 bits per heavy atom. The molecule has 1 aliphatic carbocycles. The van der Waals surface area contributed by atoms with Gasteiger partial charge in [-0.2, -0.15) is 0 Å². The van der Waals surface area contributed by atoms with Crippen LogP contribution in [-0.2, 0) is 16.0 Å². The molecule has 5 heteroatoms. The molecule has 1 aromatic carbocycles. The Morgan fingerprint density at radius 1 is 1.15 bits per heavy atom. The summed E-state index contributed by atoms with van der Waals surface area (Å²) in [6.07, 6.45) is 15.4. The first kappa shape index (κ1) is 26.9. The van der Waals surface area contributed by atoms with E-state index >= 15 is 0 Å². The molecule has 0 heterocycles. The van der Waals surface area contributed by atoms with Gasteiger partial charge in [0.1, 0.15) is 5.75 Å². The number of nitrogens with one attached hydrogen (secondary N) is 1. The molecule has 3 N–H and O–H groups in total. The second kappa shape index (κ2) is 12.2. The van der Waals surface area contributed by atoms with Gasteiger partial charge in [-0.15, -0.1) is 0 Å². The van der Waals surface area contributed by atoms with Gasteiger partial charge in [0.15, 0.2) is 0 Å². The van der Waals surface area contributed by atoms with E-state index in [1.54, 1.807) is 6.07 Å². The minimum absolute atomic E-state index is 0.0303. The lowest BCUT2D eigenvalue weighted by atomic mass is 9.72. The lowest BCUT2D eigenvalue weighted by Gasteiger charge is -2.32. The molecule has 0 aromatic heterocycles. The van der Waals surface area contributed by atoms with Gasteiger partial charge in [0.2, 0.25) is 5.91 Å². The molecule has 0 bridgehead atoms. The summed E-state index contributed by atoms with van der Waals surface area (Å²) in [5, 5.41) is 21.4. The van der Waals surface area contributed by atoms with Crippen LogP contribution in [-0.4, -0.2) is 22.1 Å². The number of rotatable bonds is 9. The quantitative estimate of drug-likeness (QED) is 0.212. The minimum atomic E-state index is -0.936. The molecule has 0 saturated carbocycles. The summed E-state index contributed by atoms with van der Waals surface area (Å²) >= 11 is 0. The van der Waals surface area contributed by atoms with Gasteiger partial charge in [-0.25, -0.2) is 0 Å². The van der Waals surface area contributed by atoms with Crippen molar-refractivity contribution in [1.82, 2.24) is 0 Å². The molecule has 1 aliphatic rings. The van der Waals surface area contributed by atoms with E-state index in [-0.39, 0.29) is 29.9 Å². The second-order valence-corrected chi connectivity index (χ2v) is 9.65. The number of carbonyl (C=O) groups is 2. The number of hydrogen-bond acceptors (Lipinski definition) is 3. The molecule has 0 radical (unpaired) electrons. The maximum atomic E-state index is 12.4. The van der Waals surface area contributed by atoms with Crippen molar-refractivity contribution < 1.29 is 19.8 Å². The van der Waals surface area contributed by atoms with Crippen LogP contribution >= 0.6 is 0 Å². The summed E-state index contributed by atoms with van der Waals surface area (Å²) in [6, 6.07) is 4.51. The fourth-order valence-electron chi connectivity index (χ4n) is 4.21. The molecule has 1 aromatic rings. The van der Waals surface area contributed by atoms with Crippen LogP contribution in [0.5, 0.6) is 5.75 Å². The first-order valence-electron chi connectivity index (χ1n) is 11.7. The van der Waals surface area contributed by atoms with Crippen molar-refractivity contribution in [3.63, 3.8) is 0 Å². The van der Waals surface area contributed by atoms with Crippen molar-refractivity contribution >= 4 is 17.6 Å². The molecule has 34 heavy (non-hydrogen) atoms. The Balaban J connectivity index is 2.02. The fourth-order valence-corrected chi connectivity index (χ4v) is 4.21. The molecule has 5 nitrogen and oxygen atoms in total. The van der Waals surface area contributed by atoms with Gasteiger partial charge >= 0.3 is 5.97 Å². The fraction of sp³-hybridized carbons (Fsp3) is 0.379. The number of anilines is 1. The summed E-state index contributed by atoms with van der Waals surface area (Å²) in [7, 11) is 0. The average Bonchev–Trinajstić information content (AvgIpc) is 2.72. The summed E-state index contributed by atoms with van der Waals surface area (Å²) in [5.41, 5.74) is 6.10. The molecule has 0 saturated heterocycles. The third kappa shape index (κ3) is 8.54. The number of benzene rings is 1. The van der Waals surface area contributed by atoms with Crippen molar-refractivity contribution in [2.75, 3.05) is 5.32 Å². The van der Waals surface area contributed by atoms with Crippen LogP contribution in [0.25, 0.3) is 0 Å². The average molecular weight is 464 g/mol. The number of aliphatic carboxylic acids is 1. The van der Waals surface area contributed by atoms with Crippen LogP contribution in [0.3, 0.4) is 0 Å². The number of carboxylic acid groups (broad SMARTS) is 1. The molecule has 0 aliphatic heterocycles. The Kier molecular flexibility index (Phi) is 9.67. The topological polar surface area (TPSA) is 86.6 Å². The van der Waals surface area contributed by atoms with Gasteiger partial charge in [0.05, 0.1) is 0 Å². The lowest BCUT2D eigenvalue weighted by Crippen LogP contribution is -2.19. The van der Waals surface area contributed by atoms with E-state index in [4.69, 9.17) is 5.11 Å². The SMILES string of the molecule is CC1=C(/C=C/C(C)=C/C=C/C(C)=C/C(=O)Nc2ccc(O)cc2CCC(=O)O)C(C)(C)CCC1. The van der Waals surface area contributed by atoms with E-state index in [9.17, 15) is 14.7 Å². The molecule has 1 amide bonds. The van der Waals surface area contributed by atoms with Crippen LogP contribution in [0.1, 0.15) is 65.9 Å². The van der Waals surface area contributed by atoms with Crippen molar-refractivity contribution in [2.24, 2.45) is 5.41 Å². The summed E-state index contributed by atoms with van der Waals surface area (Å²) < 4.78 is 0. The molecule has 0 fully saturated rings. The van der Waals surface area contributed by atoms with E-state index in [0.717, 1.165) is 11.1 Å². The van der Waals surface area contributed by atoms with Crippen LogP contribution < -0.4 is 5.32 Å². The maximum absolute atomic E-state index is 12.4. The number of carboxylic acids is 1. The van der Waals surface area contributed by atoms with Gasteiger partial charge in [-0.1, -0.05) is 55.4 Å². The van der Waals surface area contributed by atoms with Gasteiger partial charge in [0, 0.05) is 18.2 Å². The van der Waals surface area contributed by atoms with Gasteiger partial charge in [0.25, 0.3) is 0 Å². The van der Waals surface area contributed by atoms with Gasteiger partial charge in [-0.05, 0) is 86.8 Å². The standard InChI is InChI=1S/C29H37NO4/c1-20(11-14-25-22(3)10-7-17-29(25,4)5)8-6-9-21(2)18-27(32)30-26-15-13-24(31)19-23(26)12-16-28(33)34/h6,8-9,11,13-15,18-19,31H,7,10,12,16-17H2,1-5H3,(H,30,32)(H,33,34)/b9-6+,14-11+,20-8+,21-18+. The summed E-state index contributed by atoms with van der Waals surface area (Å²) in [6.45, 7) is 10.7. The molecule has 2 rings (SSSR count). The van der Waals surface area contributed by atoms with Crippen LogP contribution in [0.2, 0.25) is 0 Å². The third-order valence-electron chi connectivity index (χ3n) is 6.09. The third-order valence-corrected chi connectivity index (χ3v) is 6.09. The predicted octanol–water partition coefficient (Wildman–Crippen LogP) is 6.88. The number of aromatic hydroxyl groups is 1. The highest BCUT2D eigenvalue weighted by atomic mass is 16.4. The van der Waals surface area contributed by atoms with Crippen molar-refractivity contribution in [1.29, 1.82) is 0 Å². The number of allylic oxidation sites excluding steroid dienone is 9. The highest BCUT2D eigenvalue weighted by Gasteiger charge is 2.26. The van der Waals surface area contributed by atoms with E-state index in [1.165, 1.54) is 48.6 Å². The monoisotopic (exact) mass is 463 g/mol. The van der Waals surface area contributed by atoms with Gasteiger partial charge < -0.3 is 15.5 Å². The molecule has 182 valence electrons. The Hall–Kier alpha value is -3.34. The zero-order valence-corrected chi connectivity index (χ0v) is 20.9. The van der Waals surface area contributed by atoms with Crippen molar-refractivity contribution in [3.8, 4) is 5.75 Å². The van der Waals surface area contributed by atoms with Crippen molar-refractivity contribution in [2.45, 2.75) is 66.7 Å². The largest absolute Gasteiger partial charge is 0.508 e. The van der Waals surface area contributed by atoms with Crippen molar-refractivity contribution in [3.05, 3.63) is 82.5 Å². The second-order valence-electron chi connectivity index (χ2n) is 9.65. The maximum Gasteiger partial charge on any atom is 0.303 e. The zero-order chi connectivity index (χ0) is 25.3. The minimum Gasteiger partial charge on any atom is -0.508 e. The predicted molar refractivity (Wildman–Crippen MR) is 139 cm³/mol. The Bertz CT molecular complexity index is 1070. The summed E-state index contributed by atoms with van der Waals surface area (Å²) in [4.78, 5) is 23.3. The smallest absolute Gasteiger partial charge is 0.303 e. The molecular weight excluding hydrogens is 426 g/mol. The van der Waals surface area contributed by atoms with Gasteiger partial charge in [-0.3, -0.25) is 9.59 Å². The zero-order valence-electron chi connectivity index (χ0n) is 20.9. The normalized spacial score (nSPS) is 17.0. The van der Waals surface area contributed by atoms with Crippen LogP contribution in [0.4, 0.5) is 5.69 Å². The first-order valence-corrected chi connectivity index (χ1v) is 11.7. The number of carbonyl (C=O) groups excluding carboxylic acids is 1. The molecule has 0 atom stereocenters. The highest BCUT2D eigenvalue weighted by molar-refractivity contribution is 6.00. The number of phenols is 1. The van der Waals surface area contributed by atoms with E-state index < -0.39 is 5.97 Å². The molecule has 0 spiro atoms. The van der Waals surface area contributed by atoms with Crippen LogP contribution in [0, 0.1) is 5.41 Å². The van der Waals surface area contributed by atoms with E-state index in [0.29, 0.717) is 11.3 Å². The Morgan fingerprint density at radius 3 is 2.56 bits per heavy atom. The summed E-state index contributed by atoms with van der Waals surface area (Å²) in [5.74, 6) is -1.22. The lowest BCUT2D eigenvalue weighted by molar-refractivity contribution is -0.136. The number of amides is 1. The first-order chi connectivity index (χ1) is 16.0. The molecule has 0 unspecified atom stereocenters. The highest BCUT2D eigenvalue weighted by Crippen LogP contribution is 2.40. The number of hydrogen-bond donors (Lipinski definition) is 3. The Labute approximate surface area is 203 Å². The number of phenolic OH excluding ortho intramolecular Hbond substituents is 1. The van der Waals surface area contributed by atoms with E-state index in [1.807, 2.05) is 25.2 Å². The molecular formula is C29H37NO4. The van der Waals surface area contributed by atoms with E-state index in [2.05, 4.69) is 45.2 Å².